The zero-order valence-corrected chi connectivity index (χ0v) is 10.7. The molecule has 2 N–H and O–H groups in total. The lowest BCUT2D eigenvalue weighted by molar-refractivity contribution is -0.274. The van der Waals surface area contributed by atoms with Crippen LogP contribution in [-0.4, -0.2) is 6.36 Å². The Morgan fingerprint density at radius 3 is 2.35 bits per heavy atom. The smallest absolute Gasteiger partial charge is 0.455 e. The summed E-state index contributed by atoms with van der Waals surface area (Å²) in [5.74, 6) is 0.226. The Morgan fingerprint density at radius 2 is 1.75 bits per heavy atom. The molecule has 2 rings (SSSR count). The molecule has 0 bridgehead atoms. The first-order valence-electron chi connectivity index (χ1n) is 5.42. The molecule has 0 radical (unpaired) electrons. The Balaban J connectivity index is 2.18. The third-order valence-electron chi connectivity index (χ3n) is 2.24. The number of anilines is 1. The number of benzene rings is 2. The predicted molar refractivity (Wildman–Crippen MR) is 69.1 cm³/mol. The van der Waals surface area contributed by atoms with Crippen molar-refractivity contribution < 1.29 is 22.6 Å². The minimum atomic E-state index is -4.76. The van der Waals surface area contributed by atoms with Gasteiger partial charge < -0.3 is 15.2 Å². The number of halogens is 4. The van der Waals surface area contributed by atoms with Gasteiger partial charge in [0.15, 0.2) is 5.75 Å². The number of rotatable bonds is 3. The van der Waals surface area contributed by atoms with Crippen molar-refractivity contribution in [2.45, 2.75) is 6.36 Å². The van der Waals surface area contributed by atoms with E-state index in [2.05, 4.69) is 4.74 Å². The molecule has 0 amide bonds. The molecule has 2 aromatic carbocycles. The van der Waals surface area contributed by atoms with Crippen molar-refractivity contribution >= 4 is 17.3 Å². The van der Waals surface area contributed by atoms with Crippen LogP contribution in [0.3, 0.4) is 0 Å². The van der Waals surface area contributed by atoms with Crippen molar-refractivity contribution in [2.75, 3.05) is 5.73 Å². The van der Waals surface area contributed by atoms with Crippen LogP contribution < -0.4 is 15.2 Å². The summed E-state index contributed by atoms with van der Waals surface area (Å²) in [5.41, 5.74) is 5.64. The Hall–Kier alpha value is -2.08. The fraction of sp³-hybridized carbons (Fsp3) is 0.0769. The fourth-order valence-corrected chi connectivity index (χ4v) is 1.65. The third kappa shape index (κ3) is 3.96. The molecule has 0 fully saturated rings. The summed E-state index contributed by atoms with van der Waals surface area (Å²) in [5, 5.41) is 0.470. The summed E-state index contributed by atoms with van der Waals surface area (Å²) < 4.78 is 45.3. The van der Waals surface area contributed by atoms with E-state index in [9.17, 15) is 13.2 Å². The van der Waals surface area contributed by atoms with E-state index in [-0.39, 0.29) is 11.4 Å². The van der Waals surface area contributed by atoms with E-state index in [1.165, 1.54) is 6.07 Å². The first kappa shape index (κ1) is 14.3. The van der Waals surface area contributed by atoms with E-state index in [0.29, 0.717) is 10.8 Å². The molecule has 0 aliphatic carbocycles. The molecule has 2 aromatic rings. The third-order valence-corrected chi connectivity index (χ3v) is 2.47. The number of hydrogen-bond acceptors (Lipinski definition) is 3. The zero-order valence-electron chi connectivity index (χ0n) is 9.95. The molecule has 0 saturated heterocycles. The summed E-state index contributed by atoms with van der Waals surface area (Å²) in [6, 6.07) is 9.98. The monoisotopic (exact) mass is 303 g/mol. The average molecular weight is 304 g/mol. The molecule has 0 heterocycles. The lowest BCUT2D eigenvalue weighted by Gasteiger charge is -2.12. The van der Waals surface area contributed by atoms with Gasteiger partial charge >= 0.3 is 6.36 Å². The van der Waals surface area contributed by atoms with E-state index >= 15 is 0 Å². The topological polar surface area (TPSA) is 44.5 Å². The van der Waals surface area contributed by atoms with Gasteiger partial charge in [-0.25, -0.2) is 0 Å². The highest BCUT2D eigenvalue weighted by molar-refractivity contribution is 6.30. The van der Waals surface area contributed by atoms with E-state index in [4.69, 9.17) is 22.1 Å². The predicted octanol–water partition coefficient (Wildman–Crippen LogP) is 4.61. The second-order valence-corrected chi connectivity index (χ2v) is 4.24. The van der Waals surface area contributed by atoms with Gasteiger partial charge in [-0.15, -0.1) is 13.2 Å². The molecule has 0 atom stereocenters. The Bertz CT molecular complexity index is 617. The van der Waals surface area contributed by atoms with Gasteiger partial charge in [0.1, 0.15) is 11.5 Å². The molecule has 106 valence electrons. The van der Waals surface area contributed by atoms with Gasteiger partial charge in [-0.05, 0) is 30.3 Å². The average Bonchev–Trinajstić information content (AvgIpc) is 2.31. The molecule has 0 spiro atoms. The van der Waals surface area contributed by atoms with Crippen LogP contribution in [0.4, 0.5) is 18.9 Å². The standard InChI is InChI=1S/C13H9ClF3NO2/c14-8-2-1-3-9(6-8)19-12-5-4-10(7-11(12)18)20-13(15,16)17/h1-7H,18H2. The highest BCUT2D eigenvalue weighted by Crippen LogP contribution is 2.33. The van der Waals surface area contributed by atoms with Gasteiger partial charge in [0.25, 0.3) is 0 Å². The maximum atomic E-state index is 12.1. The zero-order chi connectivity index (χ0) is 14.8. The molecular formula is C13H9ClF3NO2. The van der Waals surface area contributed by atoms with E-state index < -0.39 is 12.1 Å². The molecule has 0 unspecified atom stereocenters. The highest BCUT2D eigenvalue weighted by Gasteiger charge is 2.31. The van der Waals surface area contributed by atoms with Gasteiger partial charge in [-0.1, -0.05) is 17.7 Å². The summed E-state index contributed by atoms with van der Waals surface area (Å²) >= 11 is 5.79. The lowest BCUT2D eigenvalue weighted by atomic mass is 10.2. The molecule has 7 heteroatoms. The summed E-state index contributed by atoms with van der Waals surface area (Å²) in [6.45, 7) is 0. The summed E-state index contributed by atoms with van der Waals surface area (Å²) in [6.07, 6.45) is -4.76. The van der Waals surface area contributed by atoms with Gasteiger partial charge in [0, 0.05) is 11.1 Å². The number of nitrogens with two attached hydrogens (primary N) is 1. The van der Waals surface area contributed by atoms with Crippen LogP contribution in [0, 0.1) is 0 Å². The molecule has 0 aliphatic heterocycles. The molecule has 20 heavy (non-hydrogen) atoms. The van der Waals surface area contributed by atoms with Crippen molar-refractivity contribution in [3.8, 4) is 17.2 Å². The molecule has 0 aliphatic rings. The van der Waals surface area contributed by atoms with Crippen molar-refractivity contribution in [3.05, 3.63) is 47.5 Å². The highest BCUT2D eigenvalue weighted by atomic mass is 35.5. The van der Waals surface area contributed by atoms with Crippen molar-refractivity contribution in [1.29, 1.82) is 0 Å². The van der Waals surface area contributed by atoms with Crippen LogP contribution >= 0.6 is 11.6 Å². The number of nitrogen functional groups attached to an aromatic ring is 1. The second-order valence-electron chi connectivity index (χ2n) is 3.81. The first-order valence-corrected chi connectivity index (χ1v) is 5.80. The summed E-state index contributed by atoms with van der Waals surface area (Å²) in [4.78, 5) is 0. The number of ether oxygens (including phenoxy) is 2. The molecule has 0 saturated carbocycles. The van der Waals surface area contributed by atoms with E-state index in [0.717, 1.165) is 12.1 Å². The number of alkyl halides is 3. The minimum absolute atomic E-state index is 0.0201. The van der Waals surface area contributed by atoms with Gasteiger partial charge in [0.2, 0.25) is 0 Å². The van der Waals surface area contributed by atoms with Crippen LogP contribution in [0.5, 0.6) is 17.2 Å². The Labute approximate surface area is 117 Å². The maximum absolute atomic E-state index is 12.1. The molecular weight excluding hydrogens is 295 g/mol. The summed E-state index contributed by atoms with van der Waals surface area (Å²) in [7, 11) is 0. The molecule has 0 aromatic heterocycles. The Kier molecular flexibility index (Phi) is 3.94. The lowest BCUT2D eigenvalue weighted by Crippen LogP contribution is -2.17. The fourth-order valence-electron chi connectivity index (χ4n) is 1.47. The SMILES string of the molecule is Nc1cc(OC(F)(F)F)ccc1Oc1cccc(Cl)c1. The molecule has 3 nitrogen and oxygen atoms in total. The second kappa shape index (κ2) is 5.50. The van der Waals surface area contributed by atoms with Crippen LogP contribution in [0.25, 0.3) is 0 Å². The maximum Gasteiger partial charge on any atom is 0.573 e. The van der Waals surface area contributed by atoms with E-state index in [1.54, 1.807) is 24.3 Å². The van der Waals surface area contributed by atoms with Crippen molar-refractivity contribution in [1.82, 2.24) is 0 Å². The number of hydrogen-bond donors (Lipinski definition) is 1. The van der Waals surface area contributed by atoms with Crippen LogP contribution in [0.15, 0.2) is 42.5 Å². The van der Waals surface area contributed by atoms with Gasteiger partial charge in [-0.2, -0.15) is 0 Å². The van der Waals surface area contributed by atoms with Crippen LogP contribution in [0.2, 0.25) is 5.02 Å². The van der Waals surface area contributed by atoms with Crippen LogP contribution in [-0.2, 0) is 0 Å². The van der Waals surface area contributed by atoms with Gasteiger partial charge in [0.05, 0.1) is 5.69 Å². The Morgan fingerprint density at radius 1 is 1.00 bits per heavy atom. The largest absolute Gasteiger partial charge is 0.573 e. The first-order chi connectivity index (χ1) is 9.33. The van der Waals surface area contributed by atoms with E-state index in [1.807, 2.05) is 0 Å². The van der Waals surface area contributed by atoms with Crippen molar-refractivity contribution in [2.24, 2.45) is 0 Å². The minimum Gasteiger partial charge on any atom is -0.455 e. The normalized spacial score (nSPS) is 11.2. The quantitative estimate of drug-likeness (QED) is 0.842. The van der Waals surface area contributed by atoms with Crippen molar-refractivity contribution in [3.63, 3.8) is 0 Å². The van der Waals surface area contributed by atoms with Gasteiger partial charge in [-0.3, -0.25) is 0 Å². The van der Waals surface area contributed by atoms with Crippen LogP contribution in [0.1, 0.15) is 0 Å².